The summed E-state index contributed by atoms with van der Waals surface area (Å²) in [5.74, 6) is 0. The lowest BCUT2D eigenvalue weighted by Crippen LogP contribution is -1.76. The molecule has 0 aliphatic carbocycles. The molecule has 68 valence electrons. The molecule has 0 atom stereocenters. The number of aliphatic hydroxyl groups excluding tert-OH is 1. The second kappa shape index (κ2) is 4.42. The number of aromatic nitrogens is 1. The Hall–Kier alpha value is -1.61. The number of fused-ring (bicyclic) bond motifs is 1. The lowest BCUT2D eigenvalue weighted by Gasteiger charge is -1.89. The summed E-state index contributed by atoms with van der Waals surface area (Å²) in [6.07, 6.45) is 2.71. The molecule has 13 heavy (non-hydrogen) atoms. The monoisotopic (exact) mass is 177 g/mol. The molecule has 3 nitrogen and oxygen atoms in total. The van der Waals surface area contributed by atoms with Crippen LogP contribution in [0.15, 0.2) is 30.5 Å². The van der Waals surface area contributed by atoms with Crippen molar-refractivity contribution in [1.29, 1.82) is 0 Å². The summed E-state index contributed by atoms with van der Waals surface area (Å²) in [5, 5.41) is 8.08. The zero-order valence-corrected chi connectivity index (χ0v) is 7.32. The maximum Gasteiger partial charge on any atom is 0.150 e. The van der Waals surface area contributed by atoms with E-state index in [2.05, 4.69) is 4.98 Å². The molecule has 0 unspecified atom stereocenters. The van der Waals surface area contributed by atoms with Gasteiger partial charge in [-0.2, -0.15) is 0 Å². The van der Waals surface area contributed by atoms with Gasteiger partial charge in [-0.25, -0.2) is 0 Å². The minimum absolute atomic E-state index is 0.720. The maximum atomic E-state index is 10.4. The van der Waals surface area contributed by atoms with Crippen LogP contribution < -0.4 is 0 Å². The Bertz CT molecular complexity index is 392. The average Bonchev–Trinajstić information content (AvgIpc) is 2.67. The number of hydrogen-bond acceptors (Lipinski definition) is 2. The van der Waals surface area contributed by atoms with Gasteiger partial charge in [0.25, 0.3) is 0 Å². The highest BCUT2D eigenvalue weighted by Crippen LogP contribution is 2.12. The number of H-pyrrole nitrogens is 1. The first-order chi connectivity index (χ1) is 6.40. The van der Waals surface area contributed by atoms with Crippen LogP contribution in [0.1, 0.15) is 10.4 Å². The van der Waals surface area contributed by atoms with E-state index < -0.39 is 0 Å². The second-order valence-corrected chi connectivity index (χ2v) is 2.44. The minimum atomic E-state index is 0.720. The zero-order chi connectivity index (χ0) is 9.68. The van der Waals surface area contributed by atoms with E-state index in [1.54, 1.807) is 6.07 Å². The topological polar surface area (TPSA) is 53.1 Å². The van der Waals surface area contributed by atoms with Crippen LogP contribution in [0.5, 0.6) is 0 Å². The van der Waals surface area contributed by atoms with Crippen molar-refractivity contribution in [3.8, 4) is 0 Å². The predicted octanol–water partition coefficient (Wildman–Crippen LogP) is 1.59. The van der Waals surface area contributed by atoms with Gasteiger partial charge in [-0.05, 0) is 24.3 Å². The molecule has 2 aromatic rings. The molecule has 0 amide bonds. The van der Waals surface area contributed by atoms with Crippen molar-refractivity contribution in [3.05, 3.63) is 36.0 Å². The number of benzene rings is 1. The Morgan fingerprint density at radius 2 is 2.08 bits per heavy atom. The van der Waals surface area contributed by atoms with Crippen LogP contribution in [-0.2, 0) is 0 Å². The largest absolute Gasteiger partial charge is 0.400 e. The van der Waals surface area contributed by atoms with Gasteiger partial charge in [0, 0.05) is 29.8 Å². The molecule has 0 saturated heterocycles. The van der Waals surface area contributed by atoms with Crippen molar-refractivity contribution in [2.75, 3.05) is 7.11 Å². The Labute approximate surface area is 76.0 Å². The van der Waals surface area contributed by atoms with Crippen LogP contribution in [0.3, 0.4) is 0 Å². The molecule has 0 radical (unpaired) electrons. The number of rotatable bonds is 1. The van der Waals surface area contributed by atoms with Crippen molar-refractivity contribution in [2.24, 2.45) is 0 Å². The molecule has 1 heterocycles. The first kappa shape index (κ1) is 9.48. The number of hydrogen-bond donors (Lipinski definition) is 2. The first-order valence-corrected chi connectivity index (χ1v) is 3.87. The Balaban J connectivity index is 0.000000396. The van der Waals surface area contributed by atoms with Gasteiger partial charge < -0.3 is 10.1 Å². The number of aliphatic hydroxyl groups is 1. The van der Waals surface area contributed by atoms with E-state index in [-0.39, 0.29) is 0 Å². The predicted molar refractivity (Wildman–Crippen MR) is 51.8 cm³/mol. The molecule has 3 heteroatoms. The second-order valence-electron chi connectivity index (χ2n) is 2.44. The van der Waals surface area contributed by atoms with Crippen LogP contribution in [0.4, 0.5) is 0 Å². The zero-order valence-electron chi connectivity index (χ0n) is 7.32. The van der Waals surface area contributed by atoms with Gasteiger partial charge in [0.1, 0.15) is 6.29 Å². The van der Waals surface area contributed by atoms with Crippen LogP contribution in [0.25, 0.3) is 10.9 Å². The minimum Gasteiger partial charge on any atom is -0.400 e. The van der Waals surface area contributed by atoms with Crippen LogP contribution >= 0.6 is 0 Å². The lowest BCUT2D eigenvalue weighted by atomic mass is 10.2. The third-order valence-electron chi connectivity index (χ3n) is 1.71. The van der Waals surface area contributed by atoms with Crippen molar-refractivity contribution in [3.63, 3.8) is 0 Å². The number of aromatic amines is 1. The summed E-state index contributed by atoms with van der Waals surface area (Å²) in [6.45, 7) is 0. The summed E-state index contributed by atoms with van der Waals surface area (Å²) < 4.78 is 0. The fourth-order valence-corrected chi connectivity index (χ4v) is 1.15. The van der Waals surface area contributed by atoms with Crippen molar-refractivity contribution in [2.45, 2.75) is 0 Å². The van der Waals surface area contributed by atoms with Gasteiger partial charge in [0.15, 0.2) is 0 Å². The van der Waals surface area contributed by atoms with Gasteiger partial charge in [0.2, 0.25) is 0 Å². The molecule has 0 aliphatic heterocycles. The maximum absolute atomic E-state index is 10.4. The Kier molecular flexibility index (Phi) is 3.23. The molecule has 0 fully saturated rings. The highest BCUT2D eigenvalue weighted by Gasteiger charge is 1.93. The highest BCUT2D eigenvalue weighted by atomic mass is 16.2. The number of carbonyl (C=O) groups is 1. The lowest BCUT2D eigenvalue weighted by molar-refractivity contribution is 0.112. The molecule has 0 bridgehead atoms. The summed E-state index contributed by atoms with van der Waals surface area (Å²) in [5.41, 5.74) is 1.78. The van der Waals surface area contributed by atoms with Gasteiger partial charge in [0.05, 0.1) is 0 Å². The SMILES string of the molecule is CO.O=Cc1ccc2[nH]ccc2c1. The smallest absolute Gasteiger partial charge is 0.150 e. The summed E-state index contributed by atoms with van der Waals surface area (Å²) in [7, 11) is 1.00. The fraction of sp³-hybridized carbons (Fsp3) is 0.100. The van der Waals surface area contributed by atoms with Gasteiger partial charge in [-0.1, -0.05) is 0 Å². The van der Waals surface area contributed by atoms with E-state index >= 15 is 0 Å². The summed E-state index contributed by atoms with van der Waals surface area (Å²) in [6, 6.07) is 7.51. The Morgan fingerprint density at radius 3 is 2.77 bits per heavy atom. The number of carbonyl (C=O) groups excluding carboxylic acids is 1. The van der Waals surface area contributed by atoms with Crippen molar-refractivity contribution < 1.29 is 9.90 Å². The van der Waals surface area contributed by atoms with E-state index in [1.807, 2.05) is 24.4 Å². The summed E-state index contributed by atoms with van der Waals surface area (Å²) in [4.78, 5) is 13.4. The van der Waals surface area contributed by atoms with Gasteiger partial charge in [-0.3, -0.25) is 4.79 Å². The molecule has 0 saturated carbocycles. The molecular formula is C10H11NO2. The van der Waals surface area contributed by atoms with E-state index in [9.17, 15) is 4.79 Å². The third-order valence-corrected chi connectivity index (χ3v) is 1.71. The van der Waals surface area contributed by atoms with Crippen LogP contribution in [0, 0.1) is 0 Å². The standard InChI is InChI=1S/C9H7NO.CH4O/c11-6-7-1-2-9-8(5-7)3-4-10-9;1-2/h1-6,10H;2H,1H3. The molecule has 1 aromatic carbocycles. The first-order valence-electron chi connectivity index (χ1n) is 3.87. The third kappa shape index (κ3) is 1.95. The molecular weight excluding hydrogens is 166 g/mol. The van der Waals surface area contributed by atoms with E-state index in [0.717, 1.165) is 29.9 Å². The highest BCUT2D eigenvalue weighted by molar-refractivity contribution is 5.86. The van der Waals surface area contributed by atoms with E-state index in [0.29, 0.717) is 0 Å². The Morgan fingerprint density at radius 1 is 1.31 bits per heavy atom. The molecule has 2 N–H and O–H groups in total. The molecule has 2 rings (SSSR count). The van der Waals surface area contributed by atoms with Crippen molar-refractivity contribution >= 4 is 17.2 Å². The normalized spacial score (nSPS) is 9.08. The summed E-state index contributed by atoms with van der Waals surface area (Å²) >= 11 is 0. The molecule has 0 spiro atoms. The molecule has 0 aliphatic rings. The van der Waals surface area contributed by atoms with Crippen LogP contribution in [0.2, 0.25) is 0 Å². The van der Waals surface area contributed by atoms with Gasteiger partial charge >= 0.3 is 0 Å². The number of nitrogens with one attached hydrogen (secondary N) is 1. The van der Waals surface area contributed by atoms with E-state index in [4.69, 9.17) is 5.11 Å². The quantitative estimate of drug-likeness (QED) is 0.650. The number of aldehydes is 1. The van der Waals surface area contributed by atoms with Crippen molar-refractivity contribution in [1.82, 2.24) is 4.98 Å². The molecule has 1 aromatic heterocycles. The average molecular weight is 177 g/mol. The van der Waals surface area contributed by atoms with Crippen LogP contribution in [-0.4, -0.2) is 23.5 Å². The van der Waals surface area contributed by atoms with Gasteiger partial charge in [-0.15, -0.1) is 0 Å². The fourth-order valence-electron chi connectivity index (χ4n) is 1.15. The van der Waals surface area contributed by atoms with E-state index in [1.165, 1.54) is 0 Å².